The Bertz CT molecular complexity index is 1240. The molecule has 1 heterocycles. The van der Waals surface area contributed by atoms with E-state index in [4.69, 9.17) is 5.73 Å². The topological polar surface area (TPSA) is 117 Å². The van der Waals surface area contributed by atoms with Crippen LogP contribution in [0.25, 0.3) is 17.1 Å². The molecule has 0 aliphatic rings. The van der Waals surface area contributed by atoms with Crippen LogP contribution in [0.2, 0.25) is 0 Å². The average Bonchev–Trinajstić information content (AvgIpc) is 3.22. The molecule has 4 aromatic rings. The molecule has 0 radical (unpaired) electrons. The second kappa shape index (κ2) is 8.80. The van der Waals surface area contributed by atoms with Crippen LogP contribution in [0.1, 0.15) is 10.4 Å². The number of hydrogen-bond acceptors (Lipinski definition) is 7. The molecule has 0 saturated carbocycles. The van der Waals surface area contributed by atoms with Crippen LogP contribution in [0.15, 0.2) is 84.0 Å². The Balaban J connectivity index is 1.62. The summed E-state index contributed by atoms with van der Waals surface area (Å²) < 4.78 is 1.88. The maximum atomic E-state index is 12.6. The van der Waals surface area contributed by atoms with Gasteiger partial charge in [0, 0.05) is 34.6 Å². The van der Waals surface area contributed by atoms with E-state index in [1.54, 1.807) is 6.07 Å². The summed E-state index contributed by atoms with van der Waals surface area (Å²) in [7, 11) is 0. The van der Waals surface area contributed by atoms with E-state index in [1.807, 2.05) is 53.1 Å². The molecule has 0 bridgehead atoms. The third kappa shape index (κ3) is 4.46. The van der Waals surface area contributed by atoms with Crippen molar-refractivity contribution in [2.45, 2.75) is 5.16 Å². The van der Waals surface area contributed by atoms with Gasteiger partial charge in [0.05, 0.1) is 10.7 Å². The van der Waals surface area contributed by atoms with Gasteiger partial charge in [-0.3, -0.25) is 19.5 Å². The van der Waals surface area contributed by atoms with Crippen molar-refractivity contribution in [3.63, 3.8) is 0 Å². The molecule has 0 spiro atoms. The minimum absolute atomic E-state index is 0.0557. The van der Waals surface area contributed by atoms with Gasteiger partial charge in [-0.25, -0.2) is 0 Å². The van der Waals surface area contributed by atoms with E-state index in [2.05, 4.69) is 10.2 Å². The first-order chi connectivity index (χ1) is 15.0. The first kappa shape index (κ1) is 20.3. The number of para-hydroxylation sites is 1. The number of hydrogen-bond donors (Lipinski definition) is 1. The molecule has 0 unspecified atom stereocenters. The minimum Gasteiger partial charge on any atom is -0.399 e. The molecule has 3 aromatic carbocycles. The summed E-state index contributed by atoms with van der Waals surface area (Å²) in [5.41, 5.74) is 8.56. The van der Waals surface area contributed by atoms with Crippen molar-refractivity contribution < 1.29 is 9.72 Å². The predicted molar refractivity (Wildman–Crippen MR) is 119 cm³/mol. The Labute approximate surface area is 181 Å². The number of benzene rings is 3. The number of carbonyl (C=O) groups excluding carboxylic acids is 1. The van der Waals surface area contributed by atoms with Crippen molar-refractivity contribution in [2.24, 2.45) is 0 Å². The molecule has 0 fully saturated rings. The number of non-ortho nitro benzene ring substituents is 1. The highest BCUT2D eigenvalue weighted by Gasteiger charge is 2.18. The van der Waals surface area contributed by atoms with Crippen LogP contribution in [-0.2, 0) is 0 Å². The largest absolute Gasteiger partial charge is 0.399 e. The predicted octanol–water partition coefficient (Wildman–Crippen LogP) is 4.40. The Hall–Kier alpha value is -3.98. The monoisotopic (exact) mass is 431 g/mol. The van der Waals surface area contributed by atoms with Crippen molar-refractivity contribution >= 4 is 28.9 Å². The molecule has 1 aromatic heterocycles. The van der Waals surface area contributed by atoms with E-state index in [0.717, 1.165) is 11.3 Å². The highest BCUT2D eigenvalue weighted by molar-refractivity contribution is 7.99. The van der Waals surface area contributed by atoms with E-state index in [0.29, 0.717) is 22.2 Å². The van der Waals surface area contributed by atoms with Crippen LogP contribution in [0.3, 0.4) is 0 Å². The van der Waals surface area contributed by atoms with Crippen molar-refractivity contribution in [3.8, 4) is 17.1 Å². The van der Waals surface area contributed by atoms with Crippen LogP contribution in [0.5, 0.6) is 0 Å². The van der Waals surface area contributed by atoms with Crippen LogP contribution in [-0.4, -0.2) is 31.2 Å². The van der Waals surface area contributed by atoms with Gasteiger partial charge in [-0.1, -0.05) is 42.1 Å². The molecule has 4 rings (SSSR count). The molecule has 31 heavy (non-hydrogen) atoms. The summed E-state index contributed by atoms with van der Waals surface area (Å²) in [4.78, 5) is 22.9. The molecule has 2 N–H and O–H groups in total. The zero-order valence-electron chi connectivity index (χ0n) is 16.2. The van der Waals surface area contributed by atoms with Crippen LogP contribution in [0, 0.1) is 10.1 Å². The number of aromatic nitrogens is 3. The van der Waals surface area contributed by atoms with E-state index in [1.165, 1.54) is 36.0 Å². The van der Waals surface area contributed by atoms with Gasteiger partial charge in [0.15, 0.2) is 16.8 Å². The van der Waals surface area contributed by atoms with Gasteiger partial charge in [-0.2, -0.15) is 0 Å². The Morgan fingerprint density at radius 3 is 2.42 bits per heavy atom. The number of Topliss-reactive ketones (excluding diaryl/α,β-unsaturated/α-hetero) is 1. The molecular weight excluding hydrogens is 414 g/mol. The fourth-order valence-corrected chi connectivity index (χ4v) is 3.87. The third-order valence-corrected chi connectivity index (χ3v) is 5.45. The highest BCUT2D eigenvalue weighted by Crippen LogP contribution is 2.29. The van der Waals surface area contributed by atoms with Gasteiger partial charge in [0.2, 0.25) is 0 Å². The number of nitrogens with two attached hydrogens (primary N) is 1. The second-order valence-corrected chi connectivity index (χ2v) is 7.56. The first-order valence-corrected chi connectivity index (χ1v) is 10.3. The fraction of sp³-hybridized carbons (Fsp3) is 0.0455. The maximum Gasteiger partial charge on any atom is 0.269 e. The molecule has 154 valence electrons. The summed E-state index contributed by atoms with van der Waals surface area (Å²) in [5, 5.41) is 20.0. The summed E-state index contributed by atoms with van der Waals surface area (Å²) in [6.45, 7) is 0. The lowest BCUT2D eigenvalue weighted by Crippen LogP contribution is -2.05. The van der Waals surface area contributed by atoms with Crippen LogP contribution < -0.4 is 5.73 Å². The number of anilines is 1. The fourth-order valence-electron chi connectivity index (χ4n) is 3.02. The molecule has 0 amide bonds. The molecule has 0 aliphatic heterocycles. The van der Waals surface area contributed by atoms with Crippen molar-refractivity contribution in [1.29, 1.82) is 0 Å². The standard InChI is InChI=1S/C22H17N5O3S/c23-17-6-4-5-16(13-17)21-24-25-22(26(21)18-7-2-1-3-8-18)31-14-20(28)15-9-11-19(12-10-15)27(29)30/h1-13H,14,23H2. The number of rotatable bonds is 7. The lowest BCUT2D eigenvalue weighted by atomic mass is 10.1. The van der Waals surface area contributed by atoms with Gasteiger partial charge >= 0.3 is 0 Å². The summed E-state index contributed by atoms with van der Waals surface area (Å²) >= 11 is 1.25. The second-order valence-electron chi connectivity index (χ2n) is 6.62. The summed E-state index contributed by atoms with van der Waals surface area (Å²) in [6, 6.07) is 22.5. The van der Waals surface area contributed by atoms with Gasteiger partial charge in [-0.15, -0.1) is 10.2 Å². The van der Waals surface area contributed by atoms with Crippen molar-refractivity contribution in [2.75, 3.05) is 11.5 Å². The van der Waals surface area contributed by atoms with Gasteiger partial charge in [0.25, 0.3) is 5.69 Å². The summed E-state index contributed by atoms with van der Waals surface area (Å²) in [5.74, 6) is 0.566. The summed E-state index contributed by atoms with van der Waals surface area (Å²) in [6.07, 6.45) is 0. The lowest BCUT2D eigenvalue weighted by molar-refractivity contribution is -0.384. The number of nitrogen functional groups attached to an aromatic ring is 1. The average molecular weight is 431 g/mol. The highest BCUT2D eigenvalue weighted by atomic mass is 32.2. The van der Waals surface area contributed by atoms with Gasteiger partial charge in [-0.05, 0) is 36.4 Å². The molecular formula is C22H17N5O3S. The number of thioether (sulfide) groups is 1. The molecule has 0 saturated heterocycles. The number of ketones is 1. The SMILES string of the molecule is Nc1cccc(-c2nnc(SCC(=O)c3ccc([N+](=O)[O-])cc3)n2-c2ccccc2)c1. The normalized spacial score (nSPS) is 10.7. The maximum absolute atomic E-state index is 12.6. The van der Waals surface area contributed by atoms with E-state index in [-0.39, 0.29) is 17.2 Å². The minimum atomic E-state index is -0.497. The van der Waals surface area contributed by atoms with Gasteiger partial charge in [0.1, 0.15) is 0 Å². The number of carbonyl (C=O) groups is 1. The molecule has 8 nitrogen and oxygen atoms in total. The molecule has 0 aliphatic carbocycles. The van der Waals surface area contributed by atoms with Crippen LogP contribution in [0.4, 0.5) is 11.4 Å². The van der Waals surface area contributed by atoms with E-state index < -0.39 is 4.92 Å². The smallest absolute Gasteiger partial charge is 0.269 e. The Morgan fingerprint density at radius 2 is 1.74 bits per heavy atom. The molecule has 9 heteroatoms. The first-order valence-electron chi connectivity index (χ1n) is 9.30. The molecule has 0 atom stereocenters. The van der Waals surface area contributed by atoms with Crippen molar-refractivity contribution in [1.82, 2.24) is 14.8 Å². The lowest BCUT2D eigenvalue weighted by Gasteiger charge is -2.10. The van der Waals surface area contributed by atoms with E-state index in [9.17, 15) is 14.9 Å². The number of nitro benzene ring substituents is 1. The third-order valence-electron chi connectivity index (χ3n) is 4.53. The zero-order valence-corrected chi connectivity index (χ0v) is 17.0. The Morgan fingerprint density at radius 1 is 1.00 bits per heavy atom. The van der Waals surface area contributed by atoms with Crippen molar-refractivity contribution in [3.05, 3.63) is 94.5 Å². The Kier molecular flexibility index (Phi) is 5.76. The van der Waals surface area contributed by atoms with E-state index >= 15 is 0 Å². The van der Waals surface area contributed by atoms with Crippen LogP contribution >= 0.6 is 11.8 Å². The van der Waals surface area contributed by atoms with Gasteiger partial charge < -0.3 is 5.73 Å². The number of nitrogens with zero attached hydrogens (tertiary/aromatic N) is 4. The zero-order chi connectivity index (χ0) is 21.8. The number of nitro groups is 1. The quantitative estimate of drug-likeness (QED) is 0.151.